The van der Waals surface area contributed by atoms with Gasteiger partial charge in [0.1, 0.15) is 0 Å². The van der Waals surface area contributed by atoms with E-state index in [1.165, 1.54) is 9.75 Å². The lowest BCUT2D eigenvalue weighted by Crippen LogP contribution is -2.38. The first-order chi connectivity index (χ1) is 10.9. The highest BCUT2D eigenvalue weighted by Gasteiger charge is 2.14. The molecule has 0 spiro atoms. The van der Waals surface area contributed by atoms with Crippen molar-refractivity contribution in [2.45, 2.75) is 26.8 Å². The van der Waals surface area contributed by atoms with E-state index >= 15 is 0 Å². The number of hydrogen-bond acceptors (Lipinski definition) is 3. The zero-order valence-electron chi connectivity index (χ0n) is 13.3. The average molecular weight is 395 g/mol. The normalized spacial score (nSPS) is 11.8. The van der Waals surface area contributed by atoms with Gasteiger partial charge in [-0.25, -0.2) is 0 Å². The summed E-state index contributed by atoms with van der Waals surface area (Å²) in [6.45, 7) is 6.00. The average Bonchev–Trinajstić information content (AvgIpc) is 2.84. The quantitative estimate of drug-likeness (QED) is 0.811. The van der Waals surface area contributed by atoms with Gasteiger partial charge in [-0.2, -0.15) is 0 Å². The third-order valence-electron chi connectivity index (χ3n) is 3.44. The van der Waals surface area contributed by atoms with Gasteiger partial charge in [-0.3, -0.25) is 9.59 Å². The molecule has 2 amide bonds. The third-order valence-corrected chi connectivity index (χ3v) is 4.95. The van der Waals surface area contributed by atoms with Gasteiger partial charge in [-0.1, -0.05) is 15.9 Å². The molecule has 0 aliphatic carbocycles. The minimum absolute atomic E-state index is 0.0403. The molecule has 2 rings (SSSR count). The monoisotopic (exact) mass is 394 g/mol. The molecule has 2 aromatic rings. The van der Waals surface area contributed by atoms with Gasteiger partial charge in [0.05, 0.1) is 12.6 Å². The smallest absolute Gasteiger partial charge is 0.251 e. The fourth-order valence-corrected chi connectivity index (χ4v) is 3.60. The molecule has 6 heteroatoms. The van der Waals surface area contributed by atoms with E-state index in [-0.39, 0.29) is 24.4 Å². The van der Waals surface area contributed by atoms with Crippen LogP contribution in [0, 0.1) is 13.8 Å². The number of rotatable bonds is 5. The predicted octanol–water partition coefficient (Wildman–Crippen LogP) is 3.73. The van der Waals surface area contributed by atoms with E-state index in [9.17, 15) is 9.59 Å². The lowest BCUT2D eigenvalue weighted by Gasteiger charge is -2.14. The minimum Gasteiger partial charge on any atom is -0.348 e. The van der Waals surface area contributed by atoms with Crippen LogP contribution in [0.25, 0.3) is 0 Å². The molecule has 0 saturated carbocycles. The Bertz CT molecular complexity index is 710. The van der Waals surface area contributed by atoms with Gasteiger partial charge >= 0.3 is 0 Å². The SMILES string of the molecule is Cc1cc(C(C)NC(=O)CNC(=O)c2ccc(Br)cc2)c(C)s1. The Morgan fingerprint density at radius 2 is 1.87 bits per heavy atom. The lowest BCUT2D eigenvalue weighted by atomic mass is 10.1. The first-order valence-corrected chi connectivity index (χ1v) is 8.88. The Morgan fingerprint density at radius 1 is 1.22 bits per heavy atom. The predicted molar refractivity (Wildman–Crippen MR) is 96.8 cm³/mol. The van der Waals surface area contributed by atoms with Gasteiger partial charge in [0.25, 0.3) is 5.91 Å². The molecule has 2 N–H and O–H groups in total. The first-order valence-electron chi connectivity index (χ1n) is 7.27. The zero-order valence-corrected chi connectivity index (χ0v) is 15.7. The highest BCUT2D eigenvalue weighted by Crippen LogP contribution is 2.25. The van der Waals surface area contributed by atoms with E-state index in [1.807, 2.05) is 20.8 Å². The van der Waals surface area contributed by atoms with E-state index in [4.69, 9.17) is 0 Å². The van der Waals surface area contributed by atoms with Gasteiger partial charge in [0, 0.05) is 19.8 Å². The molecule has 0 saturated heterocycles. The minimum atomic E-state index is -0.261. The molecule has 4 nitrogen and oxygen atoms in total. The molecule has 0 fully saturated rings. The first kappa shape index (κ1) is 17.7. The number of benzene rings is 1. The van der Waals surface area contributed by atoms with Crippen molar-refractivity contribution in [3.05, 3.63) is 55.7 Å². The molecular weight excluding hydrogens is 376 g/mol. The van der Waals surface area contributed by atoms with E-state index in [0.717, 1.165) is 10.0 Å². The number of halogens is 1. The lowest BCUT2D eigenvalue weighted by molar-refractivity contribution is -0.120. The van der Waals surface area contributed by atoms with Crippen molar-refractivity contribution >= 4 is 39.1 Å². The fourth-order valence-electron chi connectivity index (χ4n) is 2.31. The van der Waals surface area contributed by atoms with Crippen molar-refractivity contribution in [1.82, 2.24) is 10.6 Å². The van der Waals surface area contributed by atoms with Gasteiger partial charge in [0.15, 0.2) is 0 Å². The summed E-state index contributed by atoms with van der Waals surface area (Å²) in [6, 6.07) is 9.01. The van der Waals surface area contributed by atoms with Gasteiger partial charge in [-0.15, -0.1) is 11.3 Å². The molecule has 0 aliphatic heterocycles. The third kappa shape index (κ3) is 4.91. The summed E-state index contributed by atoms with van der Waals surface area (Å²) < 4.78 is 0.905. The highest BCUT2D eigenvalue weighted by molar-refractivity contribution is 9.10. The second kappa shape index (κ2) is 7.75. The Labute approximate surface area is 148 Å². The van der Waals surface area contributed by atoms with Crippen molar-refractivity contribution in [3.63, 3.8) is 0 Å². The molecule has 122 valence electrons. The van der Waals surface area contributed by atoms with Gasteiger partial charge < -0.3 is 10.6 Å². The second-order valence-corrected chi connectivity index (χ2v) is 7.72. The van der Waals surface area contributed by atoms with Crippen LogP contribution in [-0.4, -0.2) is 18.4 Å². The van der Waals surface area contributed by atoms with Crippen LogP contribution in [0.1, 0.15) is 38.6 Å². The van der Waals surface area contributed by atoms with Crippen LogP contribution in [0.5, 0.6) is 0 Å². The molecular formula is C17H19BrN2O2S. The van der Waals surface area contributed by atoms with E-state index in [1.54, 1.807) is 35.6 Å². The number of carbonyl (C=O) groups is 2. The molecule has 1 unspecified atom stereocenters. The number of nitrogens with one attached hydrogen (secondary N) is 2. The van der Waals surface area contributed by atoms with Crippen molar-refractivity contribution in [2.24, 2.45) is 0 Å². The topological polar surface area (TPSA) is 58.2 Å². The van der Waals surface area contributed by atoms with Crippen molar-refractivity contribution in [1.29, 1.82) is 0 Å². The summed E-state index contributed by atoms with van der Waals surface area (Å²) >= 11 is 5.04. The summed E-state index contributed by atoms with van der Waals surface area (Å²) in [6.07, 6.45) is 0. The number of thiophene rings is 1. The summed E-state index contributed by atoms with van der Waals surface area (Å²) in [5.74, 6) is -0.464. The molecule has 1 atom stereocenters. The molecule has 1 aromatic heterocycles. The van der Waals surface area contributed by atoms with E-state index in [0.29, 0.717) is 5.56 Å². The molecule has 0 aliphatic rings. The fraction of sp³-hybridized carbons (Fsp3) is 0.294. The van der Waals surface area contributed by atoms with Crippen LogP contribution >= 0.6 is 27.3 Å². The Balaban J connectivity index is 1.86. The molecule has 1 heterocycles. The number of amides is 2. The maximum atomic E-state index is 12.0. The van der Waals surface area contributed by atoms with Gasteiger partial charge in [-0.05, 0) is 56.7 Å². The Kier molecular flexibility index (Phi) is 5.96. The summed E-state index contributed by atoms with van der Waals surface area (Å²) in [5, 5.41) is 5.54. The molecule has 0 radical (unpaired) electrons. The van der Waals surface area contributed by atoms with Crippen LogP contribution in [0.2, 0.25) is 0 Å². The van der Waals surface area contributed by atoms with Crippen LogP contribution in [0.15, 0.2) is 34.8 Å². The Hall–Kier alpha value is -1.66. The maximum Gasteiger partial charge on any atom is 0.251 e. The van der Waals surface area contributed by atoms with E-state index < -0.39 is 0 Å². The van der Waals surface area contributed by atoms with Crippen molar-refractivity contribution < 1.29 is 9.59 Å². The summed E-state index contributed by atoms with van der Waals surface area (Å²) in [4.78, 5) is 26.4. The highest BCUT2D eigenvalue weighted by atomic mass is 79.9. The van der Waals surface area contributed by atoms with Crippen LogP contribution in [0.3, 0.4) is 0 Å². The Morgan fingerprint density at radius 3 is 2.43 bits per heavy atom. The van der Waals surface area contributed by atoms with Crippen LogP contribution in [-0.2, 0) is 4.79 Å². The van der Waals surface area contributed by atoms with Gasteiger partial charge in [0.2, 0.25) is 5.91 Å². The number of carbonyl (C=O) groups excluding carboxylic acids is 2. The second-order valence-electron chi connectivity index (χ2n) is 5.35. The van der Waals surface area contributed by atoms with Crippen LogP contribution < -0.4 is 10.6 Å². The summed E-state index contributed by atoms with van der Waals surface area (Å²) in [5.41, 5.74) is 1.65. The van der Waals surface area contributed by atoms with Crippen molar-refractivity contribution in [2.75, 3.05) is 6.54 Å². The number of hydrogen-bond donors (Lipinski definition) is 2. The summed E-state index contributed by atoms with van der Waals surface area (Å²) in [7, 11) is 0. The zero-order chi connectivity index (χ0) is 17.0. The standard InChI is InChI=1S/C17H19BrN2O2S/c1-10-8-15(12(3)23-10)11(2)20-16(21)9-19-17(22)13-4-6-14(18)7-5-13/h4-8,11H,9H2,1-3H3,(H,19,22)(H,20,21). The number of aryl methyl sites for hydroxylation is 2. The molecule has 23 heavy (non-hydrogen) atoms. The molecule has 1 aromatic carbocycles. The van der Waals surface area contributed by atoms with Crippen LogP contribution in [0.4, 0.5) is 0 Å². The van der Waals surface area contributed by atoms with E-state index in [2.05, 4.69) is 32.6 Å². The molecule has 0 bridgehead atoms. The van der Waals surface area contributed by atoms with Crippen molar-refractivity contribution in [3.8, 4) is 0 Å². The maximum absolute atomic E-state index is 12.0. The largest absolute Gasteiger partial charge is 0.348 e.